The fourth-order valence-electron chi connectivity index (χ4n) is 3.80. The Labute approximate surface area is 154 Å². The highest BCUT2D eigenvalue weighted by molar-refractivity contribution is 6.30. The first kappa shape index (κ1) is 18.0. The first-order chi connectivity index (χ1) is 12.1. The maximum Gasteiger partial charge on any atom is 0.313 e. The maximum atomic E-state index is 12.7. The van der Waals surface area contributed by atoms with E-state index in [9.17, 15) is 4.79 Å². The van der Waals surface area contributed by atoms with Crippen LogP contribution in [-0.2, 0) is 22.5 Å². The van der Waals surface area contributed by atoms with Crippen molar-refractivity contribution in [2.45, 2.75) is 25.8 Å². The summed E-state index contributed by atoms with van der Waals surface area (Å²) in [6.07, 6.45) is 2.53. The zero-order valence-corrected chi connectivity index (χ0v) is 15.3. The van der Waals surface area contributed by atoms with Crippen molar-refractivity contribution >= 4 is 17.6 Å². The molecule has 132 valence electrons. The third-order valence-corrected chi connectivity index (χ3v) is 5.23. The number of benzene rings is 2. The Morgan fingerprint density at radius 1 is 1.12 bits per heavy atom. The van der Waals surface area contributed by atoms with E-state index >= 15 is 0 Å². The van der Waals surface area contributed by atoms with Gasteiger partial charge >= 0.3 is 5.97 Å². The predicted molar refractivity (Wildman–Crippen MR) is 101 cm³/mol. The number of esters is 1. The van der Waals surface area contributed by atoms with Gasteiger partial charge in [-0.15, -0.1) is 0 Å². The number of hydrogen-bond acceptors (Lipinski definition) is 3. The zero-order valence-electron chi connectivity index (χ0n) is 14.6. The van der Waals surface area contributed by atoms with E-state index in [4.69, 9.17) is 16.3 Å². The summed E-state index contributed by atoms with van der Waals surface area (Å²) in [6.45, 7) is 2.59. The summed E-state index contributed by atoms with van der Waals surface area (Å²) in [4.78, 5) is 15.0. The standard InChI is InChI=1S/C21H24ClNO2/c1-25-20(24)21(14-17-8-10-19(22)11-9-17)12-5-13-23(16-21)15-18-6-3-2-4-7-18/h2-4,6-11H,5,12-16H2,1H3. The minimum atomic E-state index is -0.490. The monoisotopic (exact) mass is 357 g/mol. The Kier molecular flexibility index (Phi) is 5.77. The summed E-state index contributed by atoms with van der Waals surface area (Å²) in [5.41, 5.74) is 1.90. The number of methoxy groups -OCH3 is 1. The van der Waals surface area contributed by atoms with E-state index in [0.29, 0.717) is 11.4 Å². The molecule has 2 aromatic rings. The highest BCUT2D eigenvalue weighted by Gasteiger charge is 2.43. The van der Waals surface area contributed by atoms with Crippen LogP contribution in [0.15, 0.2) is 54.6 Å². The van der Waals surface area contributed by atoms with Gasteiger partial charge in [-0.3, -0.25) is 9.69 Å². The second kappa shape index (κ2) is 8.03. The molecule has 0 saturated carbocycles. The molecule has 1 saturated heterocycles. The lowest BCUT2D eigenvalue weighted by Crippen LogP contribution is -2.49. The van der Waals surface area contributed by atoms with Gasteiger partial charge in [0.25, 0.3) is 0 Å². The van der Waals surface area contributed by atoms with Crippen molar-refractivity contribution in [2.24, 2.45) is 5.41 Å². The molecule has 0 N–H and O–H groups in total. The van der Waals surface area contributed by atoms with Gasteiger partial charge in [-0.2, -0.15) is 0 Å². The van der Waals surface area contributed by atoms with Crippen LogP contribution in [0.25, 0.3) is 0 Å². The first-order valence-electron chi connectivity index (χ1n) is 8.70. The van der Waals surface area contributed by atoms with E-state index in [1.807, 2.05) is 30.3 Å². The Hall–Kier alpha value is -1.84. The van der Waals surface area contributed by atoms with Crippen LogP contribution in [0.2, 0.25) is 5.02 Å². The summed E-state index contributed by atoms with van der Waals surface area (Å²) in [5.74, 6) is -0.111. The number of piperidine rings is 1. The Balaban J connectivity index is 1.79. The molecule has 0 aliphatic carbocycles. The lowest BCUT2D eigenvalue weighted by atomic mass is 9.75. The molecule has 0 amide bonds. The van der Waals surface area contributed by atoms with Crippen LogP contribution in [0.1, 0.15) is 24.0 Å². The smallest absolute Gasteiger partial charge is 0.313 e. The van der Waals surface area contributed by atoms with Crippen LogP contribution in [0, 0.1) is 5.41 Å². The van der Waals surface area contributed by atoms with Crippen LogP contribution < -0.4 is 0 Å². The average molecular weight is 358 g/mol. The van der Waals surface area contributed by atoms with E-state index < -0.39 is 5.41 Å². The molecule has 0 bridgehead atoms. The number of ether oxygens (including phenoxy) is 1. The molecule has 1 aliphatic rings. The number of rotatable bonds is 5. The molecule has 3 nitrogen and oxygen atoms in total. The van der Waals surface area contributed by atoms with Crippen molar-refractivity contribution < 1.29 is 9.53 Å². The maximum absolute atomic E-state index is 12.7. The minimum absolute atomic E-state index is 0.111. The van der Waals surface area contributed by atoms with E-state index in [0.717, 1.165) is 38.0 Å². The molecule has 1 unspecified atom stereocenters. The van der Waals surface area contributed by atoms with Crippen molar-refractivity contribution in [3.05, 3.63) is 70.7 Å². The predicted octanol–water partition coefficient (Wildman–Crippen LogP) is 4.34. The number of likely N-dealkylation sites (tertiary alicyclic amines) is 1. The van der Waals surface area contributed by atoms with Crippen LogP contribution in [-0.4, -0.2) is 31.1 Å². The van der Waals surface area contributed by atoms with Gasteiger partial charge in [-0.1, -0.05) is 54.1 Å². The fourth-order valence-corrected chi connectivity index (χ4v) is 3.92. The van der Waals surface area contributed by atoms with Gasteiger partial charge in [-0.25, -0.2) is 0 Å². The molecule has 0 aromatic heterocycles. The summed E-state index contributed by atoms with van der Waals surface area (Å²) in [6, 6.07) is 18.2. The Morgan fingerprint density at radius 2 is 1.84 bits per heavy atom. The summed E-state index contributed by atoms with van der Waals surface area (Å²) >= 11 is 5.99. The topological polar surface area (TPSA) is 29.5 Å². The lowest BCUT2D eigenvalue weighted by Gasteiger charge is -2.41. The Bertz CT molecular complexity index is 702. The van der Waals surface area contributed by atoms with Crippen molar-refractivity contribution in [3.63, 3.8) is 0 Å². The number of nitrogens with zero attached hydrogens (tertiary/aromatic N) is 1. The van der Waals surface area contributed by atoms with Crippen LogP contribution in [0.4, 0.5) is 0 Å². The third kappa shape index (κ3) is 4.42. The molecule has 1 fully saturated rings. The first-order valence-corrected chi connectivity index (χ1v) is 9.08. The lowest BCUT2D eigenvalue weighted by molar-refractivity contribution is -0.156. The SMILES string of the molecule is COC(=O)C1(Cc2ccc(Cl)cc2)CCCN(Cc2ccccc2)C1. The van der Waals surface area contributed by atoms with Crippen LogP contribution >= 0.6 is 11.6 Å². The number of halogens is 1. The molecular formula is C21H24ClNO2. The van der Waals surface area contributed by atoms with Gasteiger partial charge in [0, 0.05) is 18.1 Å². The van der Waals surface area contributed by atoms with E-state index in [1.165, 1.54) is 12.7 Å². The zero-order chi connectivity index (χ0) is 17.7. The quantitative estimate of drug-likeness (QED) is 0.745. The number of hydrogen-bond donors (Lipinski definition) is 0. The number of carbonyl (C=O) groups is 1. The molecule has 3 rings (SSSR count). The third-order valence-electron chi connectivity index (χ3n) is 4.98. The summed E-state index contributed by atoms with van der Waals surface area (Å²) < 4.78 is 5.20. The van der Waals surface area contributed by atoms with Gasteiger partial charge in [0.1, 0.15) is 0 Å². The molecule has 1 atom stereocenters. The molecule has 0 radical (unpaired) electrons. The second-order valence-electron chi connectivity index (χ2n) is 6.87. The van der Waals surface area contributed by atoms with E-state index in [-0.39, 0.29) is 5.97 Å². The largest absolute Gasteiger partial charge is 0.469 e. The van der Waals surface area contributed by atoms with E-state index in [2.05, 4.69) is 29.2 Å². The van der Waals surface area contributed by atoms with Crippen LogP contribution in [0.3, 0.4) is 0 Å². The van der Waals surface area contributed by atoms with Crippen molar-refractivity contribution in [3.8, 4) is 0 Å². The summed E-state index contributed by atoms with van der Waals surface area (Å²) in [5, 5.41) is 0.713. The minimum Gasteiger partial charge on any atom is -0.469 e. The Morgan fingerprint density at radius 3 is 2.52 bits per heavy atom. The highest BCUT2D eigenvalue weighted by Crippen LogP contribution is 2.36. The van der Waals surface area contributed by atoms with Gasteiger partial charge in [0.2, 0.25) is 0 Å². The molecule has 25 heavy (non-hydrogen) atoms. The van der Waals surface area contributed by atoms with Crippen LogP contribution in [0.5, 0.6) is 0 Å². The van der Waals surface area contributed by atoms with Gasteiger partial charge < -0.3 is 4.74 Å². The summed E-state index contributed by atoms with van der Waals surface area (Å²) in [7, 11) is 1.49. The van der Waals surface area contributed by atoms with Gasteiger partial charge in [-0.05, 0) is 49.1 Å². The molecular weight excluding hydrogens is 334 g/mol. The molecule has 2 aromatic carbocycles. The van der Waals surface area contributed by atoms with Gasteiger partial charge in [0.15, 0.2) is 0 Å². The average Bonchev–Trinajstić information content (AvgIpc) is 2.64. The van der Waals surface area contributed by atoms with Crippen molar-refractivity contribution in [1.82, 2.24) is 4.90 Å². The van der Waals surface area contributed by atoms with Gasteiger partial charge in [0.05, 0.1) is 12.5 Å². The van der Waals surface area contributed by atoms with Crippen molar-refractivity contribution in [1.29, 1.82) is 0 Å². The second-order valence-corrected chi connectivity index (χ2v) is 7.31. The van der Waals surface area contributed by atoms with Crippen molar-refractivity contribution in [2.75, 3.05) is 20.2 Å². The number of carbonyl (C=O) groups excluding carboxylic acids is 1. The molecule has 4 heteroatoms. The normalized spacial score (nSPS) is 21.0. The highest BCUT2D eigenvalue weighted by atomic mass is 35.5. The fraction of sp³-hybridized carbons (Fsp3) is 0.381. The molecule has 1 aliphatic heterocycles. The van der Waals surface area contributed by atoms with E-state index in [1.54, 1.807) is 0 Å². The molecule has 1 heterocycles. The molecule has 0 spiro atoms.